The van der Waals surface area contributed by atoms with Crippen LogP contribution in [-0.2, 0) is 10.8 Å². The Morgan fingerprint density at radius 1 is 0.846 bits per heavy atom. The van der Waals surface area contributed by atoms with E-state index < -0.39 is 0 Å². The Bertz CT molecular complexity index is 854. The van der Waals surface area contributed by atoms with Gasteiger partial charge in [0.15, 0.2) is 0 Å². The Labute approximate surface area is 157 Å². The van der Waals surface area contributed by atoms with Crippen molar-refractivity contribution in [3.05, 3.63) is 42.0 Å². The minimum absolute atomic E-state index is 0.0586. The molecular weight excluding hydrogens is 318 g/mol. The van der Waals surface area contributed by atoms with E-state index in [1.807, 2.05) is 24.7 Å². The van der Waals surface area contributed by atoms with E-state index in [0.29, 0.717) is 0 Å². The van der Waals surface area contributed by atoms with E-state index in [0.717, 1.165) is 5.69 Å². The van der Waals surface area contributed by atoms with Gasteiger partial charge >= 0.3 is 0 Å². The number of nitrogens with zero attached hydrogens (tertiary/aromatic N) is 3. The van der Waals surface area contributed by atoms with Crippen molar-refractivity contribution in [3.8, 4) is 48.6 Å². The lowest BCUT2D eigenvalue weighted by atomic mass is 9.89. The lowest BCUT2D eigenvalue weighted by Gasteiger charge is -2.15. The van der Waals surface area contributed by atoms with E-state index in [-0.39, 0.29) is 10.8 Å². The van der Waals surface area contributed by atoms with Gasteiger partial charge in [0, 0.05) is 47.9 Å². The van der Waals surface area contributed by atoms with E-state index in [4.69, 9.17) is 12.8 Å². The fraction of sp³-hybridized carbons (Fsp3) is 0.348. The minimum Gasteiger partial charge on any atom is -0.283 e. The molecule has 0 aliphatic carbocycles. The molecule has 2 aromatic heterocycles. The molecule has 0 saturated carbocycles. The van der Waals surface area contributed by atoms with Gasteiger partial charge in [-0.15, -0.1) is 12.8 Å². The summed E-state index contributed by atoms with van der Waals surface area (Å²) in [7, 11) is 0. The van der Waals surface area contributed by atoms with Crippen LogP contribution in [0.25, 0.3) is 0 Å². The maximum Gasteiger partial charge on any atom is 0.0689 e. The maximum atomic E-state index is 5.03. The molecule has 2 rings (SSSR count). The molecule has 132 valence electrons. The van der Waals surface area contributed by atoms with Gasteiger partial charge in [-0.05, 0) is 35.0 Å². The molecule has 0 aromatic carbocycles. The second-order valence-electron chi connectivity index (χ2n) is 7.72. The summed E-state index contributed by atoms with van der Waals surface area (Å²) in [6, 6.07) is 9.53. The second kappa shape index (κ2) is 8.72. The van der Waals surface area contributed by atoms with E-state index >= 15 is 0 Å². The molecule has 3 nitrogen and oxygen atoms in total. The normalized spacial score (nSPS) is 10.0. The fourth-order valence-corrected chi connectivity index (χ4v) is 1.88. The Hall–Kier alpha value is -3.27. The molecule has 0 spiro atoms. The second-order valence-corrected chi connectivity index (χ2v) is 7.72. The first-order chi connectivity index (χ1) is 12.1. The van der Waals surface area contributed by atoms with Crippen molar-refractivity contribution in [1.29, 1.82) is 0 Å². The molecule has 3 heteroatoms. The minimum atomic E-state index is 0.0586. The van der Waals surface area contributed by atoms with Crippen LogP contribution in [0.2, 0.25) is 0 Å². The molecule has 0 N–H and O–H groups in total. The number of hydrogen-bond acceptors (Lipinski definition) is 1. The van der Waals surface area contributed by atoms with E-state index in [9.17, 15) is 0 Å². The zero-order valence-corrected chi connectivity index (χ0v) is 16.4. The first kappa shape index (κ1) is 20.8. The smallest absolute Gasteiger partial charge is 0.0689 e. The Balaban J connectivity index is 0.000000260. The number of hydrogen-bond donors (Lipinski definition) is 0. The number of aromatic nitrogens is 3. The number of terminal acetylenes is 2. The van der Waals surface area contributed by atoms with Gasteiger partial charge in [-0.3, -0.25) is 4.57 Å². The molecule has 2 heterocycles. The third kappa shape index (κ3) is 6.69. The predicted molar refractivity (Wildman–Crippen MR) is 108 cm³/mol. The lowest BCUT2D eigenvalue weighted by molar-refractivity contribution is 0.561. The van der Waals surface area contributed by atoms with Gasteiger partial charge in [0.2, 0.25) is 0 Å². The summed E-state index contributed by atoms with van der Waals surface area (Å²) in [5.74, 6) is 9.60. The van der Waals surface area contributed by atoms with Crippen molar-refractivity contribution in [2.24, 2.45) is 0 Å². The summed E-state index contributed by atoms with van der Waals surface area (Å²) in [6.45, 7) is 12.8. The summed E-state index contributed by atoms with van der Waals surface area (Å²) in [4.78, 5) is 0. The monoisotopic (exact) mass is 343 g/mol. The van der Waals surface area contributed by atoms with Gasteiger partial charge in [0.1, 0.15) is 0 Å². The van der Waals surface area contributed by atoms with Crippen LogP contribution in [-0.4, -0.2) is 14.3 Å². The topological polar surface area (TPSA) is 22.8 Å². The summed E-state index contributed by atoms with van der Waals surface area (Å²) in [5, 5.41) is 4.27. The van der Waals surface area contributed by atoms with Crippen molar-refractivity contribution in [1.82, 2.24) is 14.3 Å². The van der Waals surface area contributed by atoms with Gasteiger partial charge in [-0.25, -0.2) is 0 Å². The third-order valence-corrected chi connectivity index (χ3v) is 3.42. The van der Waals surface area contributed by atoms with E-state index in [1.165, 1.54) is 5.56 Å². The first-order valence-corrected chi connectivity index (χ1v) is 8.26. The highest BCUT2D eigenvalue weighted by molar-refractivity contribution is 5.27. The average Bonchev–Trinajstić information content (AvgIpc) is 3.20. The molecular formula is C23H25N3. The van der Waals surface area contributed by atoms with Crippen LogP contribution in [0.15, 0.2) is 30.7 Å². The first-order valence-electron chi connectivity index (χ1n) is 8.26. The molecule has 0 saturated heterocycles. The zero-order valence-electron chi connectivity index (χ0n) is 16.4. The molecule has 0 atom stereocenters. The van der Waals surface area contributed by atoms with Gasteiger partial charge in [0.25, 0.3) is 0 Å². The average molecular weight is 343 g/mol. The Morgan fingerprint density at radius 3 is 1.92 bits per heavy atom. The van der Waals surface area contributed by atoms with Crippen LogP contribution in [0.4, 0.5) is 0 Å². The van der Waals surface area contributed by atoms with Crippen molar-refractivity contribution in [2.45, 2.75) is 52.4 Å². The largest absolute Gasteiger partial charge is 0.283 e. The molecule has 2 aromatic rings. The van der Waals surface area contributed by atoms with Crippen molar-refractivity contribution < 1.29 is 0 Å². The van der Waals surface area contributed by atoms with Crippen molar-refractivity contribution >= 4 is 0 Å². The van der Waals surface area contributed by atoms with Crippen LogP contribution in [0.3, 0.4) is 0 Å². The molecule has 26 heavy (non-hydrogen) atoms. The van der Waals surface area contributed by atoms with Crippen molar-refractivity contribution in [2.75, 3.05) is 0 Å². The summed E-state index contributed by atoms with van der Waals surface area (Å²) >= 11 is 0. The molecule has 0 unspecified atom stereocenters. The van der Waals surface area contributed by atoms with Crippen molar-refractivity contribution in [3.63, 3.8) is 0 Å². The SMILES string of the molecule is C#CC#Cn1ccc(C(C)(C)C)c1.C#CC#Cn1ccc(C(C)(C)C)n1. The van der Waals surface area contributed by atoms with Gasteiger partial charge in [-0.2, -0.15) is 9.78 Å². The number of rotatable bonds is 0. The molecule has 0 aliphatic heterocycles. The predicted octanol–water partition coefficient (Wildman–Crippen LogP) is 3.85. The maximum absolute atomic E-state index is 5.03. The van der Waals surface area contributed by atoms with Gasteiger partial charge < -0.3 is 0 Å². The van der Waals surface area contributed by atoms with E-state index in [1.54, 1.807) is 9.25 Å². The summed E-state index contributed by atoms with van der Waals surface area (Å²) in [5.41, 5.74) is 2.50. The Kier molecular flexibility index (Phi) is 6.96. The standard InChI is InChI=1S/C12H13N.C11H12N2/c1-5-6-8-13-9-7-11(10-13)12(2,3)4;1-5-6-8-13-9-7-10(12-13)11(2,3)4/h1,7,9-10H,2-4H3;1,7,9H,2-4H3. The molecule has 0 fully saturated rings. The fourth-order valence-electron chi connectivity index (χ4n) is 1.88. The Morgan fingerprint density at radius 2 is 1.46 bits per heavy atom. The molecule has 0 radical (unpaired) electrons. The van der Waals surface area contributed by atoms with Gasteiger partial charge in [0.05, 0.1) is 5.69 Å². The van der Waals surface area contributed by atoms with Crippen LogP contribution >= 0.6 is 0 Å². The quantitative estimate of drug-likeness (QED) is 0.666. The van der Waals surface area contributed by atoms with Gasteiger partial charge in [-0.1, -0.05) is 41.5 Å². The highest BCUT2D eigenvalue weighted by atomic mass is 15.3. The van der Waals surface area contributed by atoms with Crippen LogP contribution < -0.4 is 0 Å². The van der Waals surface area contributed by atoms with Crippen LogP contribution in [0.1, 0.15) is 52.8 Å². The molecule has 0 aliphatic rings. The van der Waals surface area contributed by atoms with Crippen LogP contribution in [0.5, 0.6) is 0 Å². The summed E-state index contributed by atoms with van der Waals surface area (Å²) in [6.07, 6.45) is 15.8. The molecule has 0 amide bonds. The molecule has 0 bridgehead atoms. The summed E-state index contributed by atoms with van der Waals surface area (Å²) < 4.78 is 3.33. The van der Waals surface area contributed by atoms with E-state index in [2.05, 4.69) is 88.5 Å². The zero-order chi connectivity index (χ0) is 19.8. The third-order valence-electron chi connectivity index (χ3n) is 3.42. The highest BCUT2D eigenvalue weighted by Crippen LogP contribution is 2.21. The lowest BCUT2D eigenvalue weighted by Crippen LogP contribution is -2.12. The highest BCUT2D eigenvalue weighted by Gasteiger charge is 2.16. The van der Waals surface area contributed by atoms with Crippen LogP contribution in [0, 0.1) is 48.6 Å².